The van der Waals surface area contributed by atoms with Gasteiger partial charge in [-0.05, 0) is 44.6 Å². The molecule has 0 aromatic rings. The molecule has 1 aliphatic rings. The lowest BCUT2D eigenvalue weighted by atomic mass is 9.91. The van der Waals surface area contributed by atoms with Gasteiger partial charge < -0.3 is 29.2 Å². The average molecular weight is 460 g/mol. The Balaban J connectivity index is 3.02. The zero-order valence-electron chi connectivity index (χ0n) is 20.4. The van der Waals surface area contributed by atoms with Crippen LogP contribution in [-0.4, -0.2) is 79.3 Å². The molecular formula is C23H45N3O6. The van der Waals surface area contributed by atoms with Crippen LogP contribution in [0.4, 0.5) is 0 Å². The number of nitrogens with zero attached hydrogens (tertiary/aromatic N) is 3. The summed E-state index contributed by atoms with van der Waals surface area (Å²) in [5.74, 6) is 0. The summed E-state index contributed by atoms with van der Waals surface area (Å²) < 4.78 is 25.2. The van der Waals surface area contributed by atoms with Crippen molar-refractivity contribution >= 4 is 0 Å². The second-order valence-electron chi connectivity index (χ2n) is 8.55. The van der Waals surface area contributed by atoms with Gasteiger partial charge in [-0.3, -0.25) is 0 Å². The maximum atomic E-state index is 10.00. The van der Waals surface area contributed by atoms with Crippen LogP contribution in [0.2, 0.25) is 0 Å². The number of aliphatic hydroxyl groups excluding tert-OH is 2. The molecule has 2 N–H and O–H groups in total. The highest BCUT2D eigenvalue weighted by Crippen LogP contribution is 2.31. The molecule has 0 amide bonds. The van der Waals surface area contributed by atoms with E-state index in [4.69, 9.17) is 24.5 Å². The van der Waals surface area contributed by atoms with Gasteiger partial charge >= 0.3 is 0 Å². The van der Waals surface area contributed by atoms with Crippen LogP contribution in [0.25, 0.3) is 10.4 Å². The molecule has 0 aromatic carbocycles. The van der Waals surface area contributed by atoms with Crippen molar-refractivity contribution in [3.05, 3.63) is 10.4 Å². The van der Waals surface area contributed by atoms with E-state index in [2.05, 4.69) is 30.8 Å². The lowest BCUT2D eigenvalue weighted by molar-refractivity contribution is -0.256. The summed E-state index contributed by atoms with van der Waals surface area (Å²) in [6.45, 7) is 9.80. The van der Waals surface area contributed by atoms with Gasteiger partial charge in [0, 0.05) is 24.7 Å². The lowest BCUT2D eigenvalue weighted by Gasteiger charge is -2.46. The molecule has 1 fully saturated rings. The normalized spacial score (nSPS) is 27.6. The van der Waals surface area contributed by atoms with Crippen LogP contribution >= 0.6 is 0 Å². The van der Waals surface area contributed by atoms with Crippen molar-refractivity contribution in [2.75, 3.05) is 26.4 Å². The van der Waals surface area contributed by atoms with E-state index in [-0.39, 0.29) is 30.5 Å². The van der Waals surface area contributed by atoms with E-state index >= 15 is 0 Å². The first kappa shape index (κ1) is 29.1. The van der Waals surface area contributed by atoms with Crippen LogP contribution in [0, 0.1) is 0 Å². The molecule has 0 saturated carbocycles. The zero-order valence-corrected chi connectivity index (χ0v) is 20.4. The Morgan fingerprint density at radius 2 is 1.47 bits per heavy atom. The maximum absolute atomic E-state index is 10.00. The third kappa shape index (κ3) is 9.91. The Morgan fingerprint density at radius 3 is 1.97 bits per heavy atom. The number of ether oxygens (including phenoxy) is 4. The summed E-state index contributed by atoms with van der Waals surface area (Å²) in [5, 5.41) is 22.9. The summed E-state index contributed by atoms with van der Waals surface area (Å²) in [6, 6.07) is -0.724. The number of aliphatic hydroxyl groups is 2. The van der Waals surface area contributed by atoms with Crippen LogP contribution < -0.4 is 0 Å². The van der Waals surface area contributed by atoms with Crippen molar-refractivity contribution in [2.45, 2.75) is 122 Å². The first-order valence-electron chi connectivity index (χ1n) is 12.4. The molecule has 32 heavy (non-hydrogen) atoms. The monoisotopic (exact) mass is 459 g/mol. The van der Waals surface area contributed by atoms with E-state index in [9.17, 15) is 10.2 Å². The lowest BCUT2D eigenvalue weighted by Crippen LogP contribution is -2.59. The molecule has 9 nitrogen and oxygen atoms in total. The predicted molar refractivity (Wildman–Crippen MR) is 124 cm³/mol. The zero-order chi connectivity index (χ0) is 23.8. The predicted octanol–water partition coefficient (Wildman–Crippen LogP) is 4.14. The van der Waals surface area contributed by atoms with Gasteiger partial charge in [0.25, 0.3) is 0 Å². The van der Waals surface area contributed by atoms with Crippen molar-refractivity contribution in [3.63, 3.8) is 0 Å². The first-order valence-corrected chi connectivity index (χ1v) is 12.4. The molecule has 1 heterocycles. The standard InChI is InChI=1S/C23H45N3O6/c1-5-8-13-29-21-17(4)32-20(12-11-18(25-26-24)19(28)16-27)22(30-14-9-6-2)23(21)31-15-10-7-3/h17-23,27-28H,5-16H2,1-4H3/t17?,18-,19+,20+,21+,22?,23-/m0/s1. The van der Waals surface area contributed by atoms with E-state index in [1.165, 1.54) is 0 Å². The Morgan fingerprint density at radius 1 is 0.938 bits per heavy atom. The Labute approximate surface area is 193 Å². The van der Waals surface area contributed by atoms with E-state index in [0.29, 0.717) is 32.7 Å². The first-order chi connectivity index (χ1) is 15.5. The Hall–Kier alpha value is -0.930. The minimum atomic E-state index is -1.10. The van der Waals surface area contributed by atoms with Gasteiger partial charge in [-0.15, -0.1) is 0 Å². The highest BCUT2D eigenvalue weighted by molar-refractivity contribution is 4.95. The third-order valence-electron chi connectivity index (χ3n) is 5.87. The second-order valence-corrected chi connectivity index (χ2v) is 8.55. The molecule has 9 heteroatoms. The van der Waals surface area contributed by atoms with Gasteiger partial charge in [0.2, 0.25) is 0 Å². The topological polar surface area (TPSA) is 126 Å². The summed E-state index contributed by atoms with van der Waals surface area (Å²) >= 11 is 0. The van der Waals surface area contributed by atoms with Gasteiger partial charge in [-0.1, -0.05) is 45.1 Å². The SMILES string of the molecule is CCCCOC1[C@@H](OCCCC)[C@H](OCCCC)C(C)O[C@@H]1CC[C@H](N=[N+]=[N-])[C@H](O)CO. The van der Waals surface area contributed by atoms with Crippen molar-refractivity contribution in [1.82, 2.24) is 0 Å². The van der Waals surface area contributed by atoms with E-state index in [1.54, 1.807) is 0 Å². The summed E-state index contributed by atoms with van der Waals surface area (Å²) in [7, 11) is 0. The number of hydrogen-bond acceptors (Lipinski definition) is 7. The van der Waals surface area contributed by atoms with Gasteiger partial charge in [0.1, 0.15) is 18.3 Å². The highest BCUT2D eigenvalue weighted by atomic mass is 16.6. The van der Waals surface area contributed by atoms with E-state index < -0.39 is 18.8 Å². The Kier molecular flexibility index (Phi) is 15.9. The quantitative estimate of drug-likeness (QED) is 0.137. The molecule has 1 rings (SSSR count). The van der Waals surface area contributed by atoms with Crippen LogP contribution in [0.1, 0.15) is 79.1 Å². The number of hydrogen-bond donors (Lipinski definition) is 2. The fraction of sp³-hybridized carbons (Fsp3) is 1.00. The van der Waals surface area contributed by atoms with Crippen LogP contribution in [0.3, 0.4) is 0 Å². The third-order valence-corrected chi connectivity index (χ3v) is 5.87. The smallest absolute Gasteiger partial charge is 0.115 e. The summed E-state index contributed by atoms with van der Waals surface area (Å²) in [4.78, 5) is 2.82. The average Bonchev–Trinajstić information content (AvgIpc) is 2.79. The van der Waals surface area contributed by atoms with Gasteiger partial charge in [-0.25, -0.2) is 0 Å². The van der Waals surface area contributed by atoms with Crippen molar-refractivity contribution in [1.29, 1.82) is 0 Å². The van der Waals surface area contributed by atoms with Crippen LogP contribution in [-0.2, 0) is 18.9 Å². The molecule has 188 valence electrons. The van der Waals surface area contributed by atoms with Gasteiger partial charge in [0.15, 0.2) is 0 Å². The molecular weight excluding hydrogens is 414 g/mol. The fourth-order valence-electron chi connectivity index (χ4n) is 3.89. The maximum Gasteiger partial charge on any atom is 0.115 e. The minimum Gasteiger partial charge on any atom is -0.394 e. The molecule has 2 unspecified atom stereocenters. The summed E-state index contributed by atoms with van der Waals surface area (Å²) in [5.41, 5.74) is 8.83. The van der Waals surface area contributed by atoms with Crippen molar-refractivity contribution in [3.8, 4) is 0 Å². The van der Waals surface area contributed by atoms with Crippen molar-refractivity contribution < 1.29 is 29.2 Å². The Bertz CT molecular complexity index is 520. The molecule has 0 bridgehead atoms. The van der Waals surface area contributed by atoms with Crippen LogP contribution in [0.5, 0.6) is 0 Å². The summed E-state index contributed by atoms with van der Waals surface area (Å²) in [6.07, 6.45) is 4.49. The van der Waals surface area contributed by atoms with Crippen molar-refractivity contribution in [2.24, 2.45) is 5.11 Å². The molecule has 7 atom stereocenters. The second kappa shape index (κ2) is 17.5. The molecule has 1 saturated heterocycles. The van der Waals surface area contributed by atoms with E-state index in [1.807, 2.05) is 6.92 Å². The van der Waals surface area contributed by atoms with Gasteiger partial charge in [0.05, 0.1) is 31.0 Å². The fourth-order valence-corrected chi connectivity index (χ4v) is 3.89. The van der Waals surface area contributed by atoms with Gasteiger partial charge in [-0.2, -0.15) is 0 Å². The van der Waals surface area contributed by atoms with Crippen LogP contribution in [0.15, 0.2) is 5.11 Å². The molecule has 0 radical (unpaired) electrons. The van der Waals surface area contributed by atoms with E-state index in [0.717, 1.165) is 38.5 Å². The number of rotatable bonds is 18. The largest absolute Gasteiger partial charge is 0.394 e. The molecule has 0 aromatic heterocycles. The molecule has 0 aliphatic carbocycles. The number of azide groups is 1. The molecule has 1 aliphatic heterocycles. The molecule has 0 spiro atoms. The number of unbranched alkanes of at least 4 members (excludes halogenated alkanes) is 3. The minimum absolute atomic E-state index is 0.185. The highest BCUT2D eigenvalue weighted by Gasteiger charge is 2.46.